The molecule has 1 heterocycles. The molecule has 4 nitrogen and oxygen atoms in total. The summed E-state index contributed by atoms with van der Waals surface area (Å²) < 4.78 is 12.7. The minimum Gasteiger partial charge on any atom is -0.309 e. The highest BCUT2D eigenvalue weighted by atomic mass is 19.1. The first kappa shape index (κ1) is 10.0. The van der Waals surface area contributed by atoms with E-state index in [1.165, 1.54) is 12.1 Å². The SMILES string of the molecule is O=C(CNC1CC1)Nc1cccc(F)n1. The molecule has 2 N–H and O–H groups in total. The Morgan fingerprint density at radius 2 is 2.33 bits per heavy atom. The molecule has 0 unspecified atom stereocenters. The van der Waals surface area contributed by atoms with Crippen LogP contribution in [0.1, 0.15) is 12.8 Å². The number of halogens is 1. The second-order valence-corrected chi connectivity index (χ2v) is 3.55. The van der Waals surface area contributed by atoms with Crippen molar-refractivity contribution in [1.82, 2.24) is 10.3 Å². The lowest BCUT2D eigenvalue weighted by molar-refractivity contribution is -0.115. The van der Waals surface area contributed by atoms with Crippen LogP contribution in [0, 0.1) is 5.95 Å². The number of hydrogen-bond donors (Lipinski definition) is 2. The van der Waals surface area contributed by atoms with Gasteiger partial charge in [-0.2, -0.15) is 4.39 Å². The number of amides is 1. The molecule has 5 heteroatoms. The highest BCUT2D eigenvalue weighted by Crippen LogP contribution is 2.18. The van der Waals surface area contributed by atoms with E-state index in [2.05, 4.69) is 15.6 Å². The largest absolute Gasteiger partial charge is 0.309 e. The zero-order valence-corrected chi connectivity index (χ0v) is 8.16. The molecule has 0 radical (unpaired) electrons. The van der Waals surface area contributed by atoms with Gasteiger partial charge in [0.25, 0.3) is 0 Å². The molecule has 1 aromatic rings. The van der Waals surface area contributed by atoms with Crippen LogP contribution in [0.4, 0.5) is 10.2 Å². The number of rotatable bonds is 4. The van der Waals surface area contributed by atoms with Crippen molar-refractivity contribution in [2.75, 3.05) is 11.9 Å². The molecule has 1 amide bonds. The first-order chi connectivity index (χ1) is 7.24. The third-order valence-corrected chi connectivity index (χ3v) is 2.11. The first-order valence-corrected chi connectivity index (χ1v) is 4.90. The van der Waals surface area contributed by atoms with Crippen molar-refractivity contribution >= 4 is 11.7 Å². The number of carbonyl (C=O) groups excluding carboxylic acids is 1. The lowest BCUT2D eigenvalue weighted by atomic mass is 10.4. The number of nitrogens with one attached hydrogen (secondary N) is 2. The lowest BCUT2D eigenvalue weighted by Gasteiger charge is -2.04. The van der Waals surface area contributed by atoms with E-state index in [9.17, 15) is 9.18 Å². The molecule has 1 aromatic heterocycles. The van der Waals surface area contributed by atoms with Crippen LogP contribution >= 0.6 is 0 Å². The summed E-state index contributed by atoms with van der Waals surface area (Å²) in [6.07, 6.45) is 2.26. The van der Waals surface area contributed by atoms with E-state index in [0.29, 0.717) is 6.04 Å². The van der Waals surface area contributed by atoms with Crippen LogP contribution in [0.3, 0.4) is 0 Å². The maximum absolute atomic E-state index is 12.7. The molecule has 1 fully saturated rings. The summed E-state index contributed by atoms with van der Waals surface area (Å²) in [5, 5.41) is 5.57. The third-order valence-electron chi connectivity index (χ3n) is 2.11. The van der Waals surface area contributed by atoms with Crippen LogP contribution in [0.15, 0.2) is 18.2 Å². The Morgan fingerprint density at radius 1 is 1.53 bits per heavy atom. The fraction of sp³-hybridized carbons (Fsp3) is 0.400. The summed E-state index contributed by atoms with van der Waals surface area (Å²) in [6, 6.07) is 4.78. The Kier molecular flexibility index (Phi) is 2.91. The molecule has 0 bridgehead atoms. The van der Waals surface area contributed by atoms with Gasteiger partial charge in [-0.3, -0.25) is 4.79 Å². The Balaban J connectivity index is 1.81. The summed E-state index contributed by atoms with van der Waals surface area (Å²) in [6.45, 7) is 0.253. The highest BCUT2D eigenvalue weighted by Gasteiger charge is 2.21. The van der Waals surface area contributed by atoms with E-state index in [0.717, 1.165) is 12.8 Å². The van der Waals surface area contributed by atoms with Gasteiger partial charge in [-0.15, -0.1) is 0 Å². The summed E-state index contributed by atoms with van der Waals surface area (Å²) in [4.78, 5) is 14.8. The fourth-order valence-electron chi connectivity index (χ4n) is 1.19. The molecule has 0 spiro atoms. The minimum absolute atomic E-state index is 0.194. The number of anilines is 1. The third kappa shape index (κ3) is 3.28. The zero-order valence-electron chi connectivity index (χ0n) is 8.16. The van der Waals surface area contributed by atoms with Crippen LogP contribution in [0.2, 0.25) is 0 Å². The van der Waals surface area contributed by atoms with Crippen molar-refractivity contribution in [3.63, 3.8) is 0 Å². The van der Waals surface area contributed by atoms with Gasteiger partial charge in [-0.1, -0.05) is 6.07 Å². The van der Waals surface area contributed by atoms with Gasteiger partial charge in [-0.05, 0) is 25.0 Å². The molecule has 0 aliphatic heterocycles. The molecule has 0 atom stereocenters. The zero-order chi connectivity index (χ0) is 10.7. The molecule has 80 valence electrons. The minimum atomic E-state index is -0.594. The van der Waals surface area contributed by atoms with Crippen LogP contribution in [0.25, 0.3) is 0 Å². The van der Waals surface area contributed by atoms with E-state index in [4.69, 9.17) is 0 Å². The highest BCUT2D eigenvalue weighted by molar-refractivity contribution is 5.91. The number of hydrogen-bond acceptors (Lipinski definition) is 3. The molecule has 15 heavy (non-hydrogen) atoms. The van der Waals surface area contributed by atoms with Gasteiger partial charge in [-0.25, -0.2) is 4.98 Å². The maximum atomic E-state index is 12.7. The smallest absolute Gasteiger partial charge is 0.239 e. The second kappa shape index (κ2) is 4.35. The van der Waals surface area contributed by atoms with E-state index in [-0.39, 0.29) is 18.3 Å². The second-order valence-electron chi connectivity index (χ2n) is 3.55. The van der Waals surface area contributed by atoms with Crippen molar-refractivity contribution in [3.05, 3.63) is 24.1 Å². The van der Waals surface area contributed by atoms with Gasteiger partial charge in [0.2, 0.25) is 11.9 Å². The van der Waals surface area contributed by atoms with E-state index in [1.54, 1.807) is 6.07 Å². The van der Waals surface area contributed by atoms with Crippen molar-refractivity contribution in [2.24, 2.45) is 0 Å². The summed E-state index contributed by atoms with van der Waals surface area (Å²) in [7, 11) is 0. The maximum Gasteiger partial charge on any atom is 0.239 e. The summed E-state index contributed by atoms with van der Waals surface area (Å²) >= 11 is 0. The molecule has 1 aliphatic carbocycles. The number of carbonyl (C=O) groups is 1. The molecule has 0 aromatic carbocycles. The predicted octanol–water partition coefficient (Wildman–Crippen LogP) is 0.911. The Labute approximate surface area is 86.9 Å². The number of aromatic nitrogens is 1. The molecular weight excluding hydrogens is 197 g/mol. The van der Waals surface area contributed by atoms with Gasteiger partial charge in [0.05, 0.1) is 6.54 Å². The molecule has 2 rings (SSSR count). The predicted molar refractivity (Wildman–Crippen MR) is 53.8 cm³/mol. The van der Waals surface area contributed by atoms with E-state index in [1.807, 2.05) is 0 Å². The molecular formula is C10H12FN3O. The van der Waals surface area contributed by atoms with Crippen molar-refractivity contribution in [2.45, 2.75) is 18.9 Å². The quantitative estimate of drug-likeness (QED) is 0.725. The van der Waals surface area contributed by atoms with Gasteiger partial charge in [0.15, 0.2) is 0 Å². The van der Waals surface area contributed by atoms with E-state index < -0.39 is 5.95 Å². The summed E-state index contributed by atoms with van der Waals surface area (Å²) in [5.74, 6) is -0.541. The standard InChI is InChI=1S/C10H12FN3O/c11-8-2-1-3-9(13-8)14-10(15)6-12-7-4-5-7/h1-3,7,12H,4-6H2,(H,13,14,15). The van der Waals surface area contributed by atoms with Crippen LogP contribution in [-0.4, -0.2) is 23.5 Å². The van der Waals surface area contributed by atoms with Crippen LogP contribution in [0.5, 0.6) is 0 Å². The van der Waals surface area contributed by atoms with Gasteiger partial charge >= 0.3 is 0 Å². The molecule has 1 aliphatic rings. The average molecular weight is 209 g/mol. The Bertz CT molecular complexity index is 365. The Hall–Kier alpha value is -1.49. The molecule has 0 saturated heterocycles. The summed E-state index contributed by atoms with van der Waals surface area (Å²) in [5.41, 5.74) is 0. The van der Waals surface area contributed by atoms with Crippen molar-refractivity contribution < 1.29 is 9.18 Å². The number of nitrogens with zero attached hydrogens (tertiary/aromatic N) is 1. The van der Waals surface area contributed by atoms with Crippen LogP contribution < -0.4 is 10.6 Å². The molecule has 1 saturated carbocycles. The monoisotopic (exact) mass is 209 g/mol. The normalized spacial score (nSPS) is 15.0. The first-order valence-electron chi connectivity index (χ1n) is 4.90. The van der Waals surface area contributed by atoms with Gasteiger partial charge in [0, 0.05) is 6.04 Å². The van der Waals surface area contributed by atoms with Gasteiger partial charge in [0.1, 0.15) is 5.82 Å². The van der Waals surface area contributed by atoms with E-state index >= 15 is 0 Å². The van der Waals surface area contributed by atoms with Crippen molar-refractivity contribution in [3.8, 4) is 0 Å². The Morgan fingerprint density at radius 3 is 3.00 bits per heavy atom. The lowest BCUT2D eigenvalue weighted by Crippen LogP contribution is -2.29. The van der Waals surface area contributed by atoms with Gasteiger partial charge < -0.3 is 10.6 Å². The van der Waals surface area contributed by atoms with Crippen LogP contribution in [-0.2, 0) is 4.79 Å². The average Bonchev–Trinajstić information content (AvgIpc) is 2.98. The fourth-order valence-corrected chi connectivity index (χ4v) is 1.19. The number of pyridine rings is 1. The topological polar surface area (TPSA) is 54.0 Å². The van der Waals surface area contributed by atoms with Crippen molar-refractivity contribution in [1.29, 1.82) is 0 Å².